The summed E-state index contributed by atoms with van der Waals surface area (Å²) in [5.74, 6) is 1.12. The van der Waals surface area contributed by atoms with Crippen LogP contribution >= 0.6 is 0 Å². The second-order valence-corrected chi connectivity index (χ2v) is 7.73. The molecule has 0 saturated heterocycles. The maximum Gasteiger partial charge on any atom is 0.163 e. The second kappa shape index (κ2) is 7.67. The first-order chi connectivity index (χ1) is 14.7. The molecule has 5 rings (SSSR count). The Morgan fingerprint density at radius 3 is 2.47 bits per heavy atom. The molecule has 2 aliphatic rings. The zero-order valence-corrected chi connectivity index (χ0v) is 16.8. The molecule has 150 valence electrons. The molecule has 0 spiro atoms. The maximum atomic E-state index is 13.4. The van der Waals surface area contributed by atoms with Gasteiger partial charge in [0.05, 0.1) is 24.5 Å². The number of carbonyl (C=O) groups is 1. The molecular weight excluding hydrogens is 374 g/mol. The average Bonchev–Trinajstić information content (AvgIpc) is 2.96. The fourth-order valence-corrected chi connectivity index (χ4v) is 4.40. The normalized spacial score (nSPS) is 20.4. The Kier molecular flexibility index (Phi) is 4.71. The number of ether oxygens (including phenoxy) is 1. The number of anilines is 2. The van der Waals surface area contributed by atoms with E-state index in [0.29, 0.717) is 6.42 Å². The first-order valence-corrected chi connectivity index (χ1v) is 10.2. The highest BCUT2D eigenvalue weighted by molar-refractivity contribution is 6.01. The number of nitrogens with zero attached hydrogens (tertiary/aromatic N) is 1. The van der Waals surface area contributed by atoms with E-state index >= 15 is 0 Å². The molecule has 0 bridgehead atoms. The van der Waals surface area contributed by atoms with Gasteiger partial charge < -0.3 is 15.4 Å². The highest BCUT2D eigenvalue weighted by Crippen LogP contribution is 2.44. The Morgan fingerprint density at radius 2 is 1.73 bits per heavy atom. The highest BCUT2D eigenvalue weighted by Gasteiger charge is 2.36. The summed E-state index contributed by atoms with van der Waals surface area (Å²) < 4.78 is 5.28. The SMILES string of the molecule is COc1ccc(C2CC(=O)C3=C(C2)Nc2ccccc2NC3c2cccnc2)cc1. The van der Waals surface area contributed by atoms with Gasteiger partial charge in [-0.05, 0) is 53.8 Å². The number of aromatic nitrogens is 1. The van der Waals surface area contributed by atoms with Crippen molar-refractivity contribution < 1.29 is 9.53 Å². The summed E-state index contributed by atoms with van der Waals surface area (Å²) in [6, 6.07) is 19.8. The number of methoxy groups -OCH3 is 1. The van der Waals surface area contributed by atoms with E-state index in [0.717, 1.165) is 45.9 Å². The largest absolute Gasteiger partial charge is 0.497 e. The van der Waals surface area contributed by atoms with Gasteiger partial charge in [0.15, 0.2) is 5.78 Å². The quantitative estimate of drug-likeness (QED) is 0.646. The number of pyridine rings is 1. The molecule has 2 unspecified atom stereocenters. The fraction of sp³-hybridized carbons (Fsp3) is 0.200. The van der Waals surface area contributed by atoms with Crippen molar-refractivity contribution in [2.24, 2.45) is 0 Å². The smallest absolute Gasteiger partial charge is 0.163 e. The minimum absolute atomic E-state index is 0.134. The lowest BCUT2D eigenvalue weighted by Gasteiger charge is -2.29. The molecule has 2 N–H and O–H groups in total. The van der Waals surface area contributed by atoms with Gasteiger partial charge in [0, 0.05) is 30.1 Å². The monoisotopic (exact) mass is 397 g/mol. The third-order valence-corrected chi connectivity index (χ3v) is 5.91. The number of ketones is 1. The van der Waals surface area contributed by atoms with Crippen molar-refractivity contribution in [3.8, 4) is 5.75 Å². The van der Waals surface area contributed by atoms with Gasteiger partial charge >= 0.3 is 0 Å². The molecule has 0 fully saturated rings. The number of benzene rings is 2. The summed E-state index contributed by atoms with van der Waals surface area (Å²) in [5.41, 5.74) is 5.90. The minimum Gasteiger partial charge on any atom is -0.497 e. The summed E-state index contributed by atoms with van der Waals surface area (Å²) >= 11 is 0. The van der Waals surface area contributed by atoms with Crippen molar-refractivity contribution in [2.75, 3.05) is 17.7 Å². The van der Waals surface area contributed by atoms with E-state index in [4.69, 9.17) is 4.74 Å². The minimum atomic E-state index is -0.228. The van der Waals surface area contributed by atoms with Gasteiger partial charge in [-0.15, -0.1) is 0 Å². The van der Waals surface area contributed by atoms with E-state index in [2.05, 4.69) is 27.8 Å². The van der Waals surface area contributed by atoms with Crippen LogP contribution in [0.15, 0.2) is 84.3 Å². The van der Waals surface area contributed by atoms with Crippen molar-refractivity contribution in [1.29, 1.82) is 0 Å². The number of Topliss-reactive ketones (excluding diaryl/α,β-unsaturated/α-hetero) is 1. The highest BCUT2D eigenvalue weighted by atomic mass is 16.5. The summed E-state index contributed by atoms with van der Waals surface area (Å²) in [5, 5.41) is 7.14. The van der Waals surface area contributed by atoms with Crippen LogP contribution in [-0.2, 0) is 4.79 Å². The zero-order valence-electron chi connectivity index (χ0n) is 16.8. The first kappa shape index (κ1) is 18.4. The number of fused-ring (bicyclic) bond motifs is 1. The van der Waals surface area contributed by atoms with Crippen molar-refractivity contribution in [3.63, 3.8) is 0 Å². The molecule has 30 heavy (non-hydrogen) atoms. The lowest BCUT2D eigenvalue weighted by Crippen LogP contribution is -2.26. The van der Waals surface area contributed by atoms with Crippen molar-refractivity contribution >= 4 is 17.2 Å². The number of allylic oxidation sites excluding steroid dienone is 1. The first-order valence-electron chi connectivity index (χ1n) is 10.2. The molecule has 0 saturated carbocycles. The Morgan fingerprint density at radius 1 is 0.933 bits per heavy atom. The molecule has 3 aromatic rings. The third kappa shape index (κ3) is 3.32. The van der Waals surface area contributed by atoms with Crippen LogP contribution in [0.4, 0.5) is 11.4 Å². The molecule has 2 aromatic carbocycles. The van der Waals surface area contributed by atoms with Gasteiger partial charge in [-0.25, -0.2) is 0 Å². The van der Waals surface area contributed by atoms with Gasteiger partial charge in [0.25, 0.3) is 0 Å². The van der Waals surface area contributed by atoms with E-state index in [1.807, 2.05) is 54.7 Å². The van der Waals surface area contributed by atoms with E-state index in [1.165, 1.54) is 0 Å². The Balaban J connectivity index is 1.57. The topological polar surface area (TPSA) is 63.2 Å². The van der Waals surface area contributed by atoms with Gasteiger partial charge in [0.2, 0.25) is 0 Å². The number of hydrogen-bond acceptors (Lipinski definition) is 5. The number of para-hydroxylation sites is 2. The standard InChI is InChI=1S/C25H23N3O2/c1-30-19-10-8-16(9-11-19)18-13-22-24(23(29)14-18)25(17-5-4-12-26-15-17)28-21-7-3-2-6-20(21)27-22/h2-12,15,18,25,27-28H,13-14H2,1H3. The van der Waals surface area contributed by atoms with Crippen LogP contribution in [0, 0.1) is 0 Å². The second-order valence-electron chi connectivity index (χ2n) is 7.73. The van der Waals surface area contributed by atoms with E-state index in [-0.39, 0.29) is 17.7 Å². The Labute approximate surface area is 175 Å². The Hall–Kier alpha value is -3.60. The lowest BCUT2D eigenvalue weighted by molar-refractivity contribution is -0.116. The molecule has 1 aliphatic carbocycles. The summed E-state index contributed by atoms with van der Waals surface area (Å²) in [6.07, 6.45) is 4.85. The van der Waals surface area contributed by atoms with Gasteiger partial charge in [-0.1, -0.05) is 30.3 Å². The van der Waals surface area contributed by atoms with Crippen LogP contribution < -0.4 is 15.4 Å². The fourth-order valence-electron chi connectivity index (χ4n) is 4.40. The van der Waals surface area contributed by atoms with E-state index in [9.17, 15) is 4.79 Å². The molecule has 2 atom stereocenters. The molecule has 0 radical (unpaired) electrons. The lowest BCUT2D eigenvalue weighted by atomic mass is 9.78. The molecular formula is C25H23N3O2. The number of hydrogen-bond donors (Lipinski definition) is 2. The molecule has 1 aliphatic heterocycles. The average molecular weight is 397 g/mol. The molecule has 5 heteroatoms. The predicted octanol–water partition coefficient (Wildman–Crippen LogP) is 5.07. The van der Waals surface area contributed by atoms with Crippen LogP contribution in [0.3, 0.4) is 0 Å². The number of nitrogens with one attached hydrogen (secondary N) is 2. The van der Waals surface area contributed by atoms with Gasteiger partial charge in [-0.2, -0.15) is 0 Å². The van der Waals surface area contributed by atoms with Crippen LogP contribution in [0.1, 0.15) is 35.9 Å². The molecule has 2 heterocycles. The summed E-state index contributed by atoms with van der Waals surface area (Å²) in [7, 11) is 1.66. The molecule has 1 aromatic heterocycles. The zero-order chi connectivity index (χ0) is 20.5. The van der Waals surface area contributed by atoms with Gasteiger partial charge in [-0.3, -0.25) is 9.78 Å². The van der Waals surface area contributed by atoms with E-state index < -0.39 is 0 Å². The van der Waals surface area contributed by atoms with Crippen LogP contribution in [0.25, 0.3) is 0 Å². The Bertz CT molecular complexity index is 1110. The van der Waals surface area contributed by atoms with Crippen LogP contribution in [-0.4, -0.2) is 17.9 Å². The van der Waals surface area contributed by atoms with Gasteiger partial charge in [0.1, 0.15) is 5.75 Å². The van der Waals surface area contributed by atoms with Crippen LogP contribution in [0.2, 0.25) is 0 Å². The predicted molar refractivity (Wildman–Crippen MR) is 118 cm³/mol. The van der Waals surface area contributed by atoms with Crippen molar-refractivity contribution in [3.05, 3.63) is 95.5 Å². The number of carbonyl (C=O) groups excluding carboxylic acids is 1. The van der Waals surface area contributed by atoms with E-state index in [1.54, 1.807) is 13.3 Å². The molecule has 5 nitrogen and oxygen atoms in total. The third-order valence-electron chi connectivity index (χ3n) is 5.91. The summed E-state index contributed by atoms with van der Waals surface area (Å²) in [6.45, 7) is 0. The molecule has 0 amide bonds. The maximum absolute atomic E-state index is 13.4. The summed E-state index contributed by atoms with van der Waals surface area (Å²) in [4.78, 5) is 17.7. The van der Waals surface area contributed by atoms with Crippen molar-refractivity contribution in [2.45, 2.75) is 24.8 Å². The van der Waals surface area contributed by atoms with Crippen LogP contribution in [0.5, 0.6) is 5.75 Å². The van der Waals surface area contributed by atoms with Crippen molar-refractivity contribution in [1.82, 2.24) is 4.98 Å². The number of rotatable bonds is 3.